The first-order valence-corrected chi connectivity index (χ1v) is 13.3. The molecular formula is C27H55O. The standard InChI is InChI=1S/C27H55O/c1-3-5-7-8-9-10-11-12-13-14-15-16-17-18-19-20-21-22-23-25-27-28-26-24-6-4-2/h26H,3-25,27H2,1-2H3. The Labute approximate surface area is 179 Å². The Morgan fingerprint density at radius 2 is 0.714 bits per heavy atom. The Hall–Kier alpha value is -0.0400. The fraction of sp³-hybridized carbons (Fsp3) is 0.963. The van der Waals surface area contributed by atoms with Crippen molar-refractivity contribution in [1.82, 2.24) is 0 Å². The topological polar surface area (TPSA) is 9.23 Å². The second-order valence-electron chi connectivity index (χ2n) is 8.90. The molecule has 0 aliphatic carbocycles. The molecule has 0 heterocycles. The molecule has 0 fully saturated rings. The molecule has 0 N–H and O–H groups in total. The third-order valence-electron chi connectivity index (χ3n) is 5.91. The maximum absolute atomic E-state index is 5.55. The molecule has 0 unspecified atom stereocenters. The number of rotatable bonds is 25. The van der Waals surface area contributed by atoms with Crippen molar-refractivity contribution in [3.05, 3.63) is 6.61 Å². The van der Waals surface area contributed by atoms with Gasteiger partial charge in [-0.25, -0.2) is 0 Å². The molecule has 0 saturated heterocycles. The van der Waals surface area contributed by atoms with Crippen LogP contribution in [0, 0.1) is 6.61 Å². The molecule has 0 aromatic rings. The molecule has 0 spiro atoms. The van der Waals surface area contributed by atoms with Crippen LogP contribution in [0.3, 0.4) is 0 Å². The molecule has 0 saturated carbocycles. The monoisotopic (exact) mass is 395 g/mol. The summed E-state index contributed by atoms with van der Waals surface area (Å²) in [5.41, 5.74) is 0. The fourth-order valence-corrected chi connectivity index (χ4v) is 3.89. The van der Waals surface area contributed by atoms with Gasteiger partial charge in [0.1, 0.15) is 0 Å². The van der Waals surface area contributed by atoms with Crippen LogP contribution in [0.2, 0.25) is 0 Å². The van der Waals surface area contributed by atoms with Crippen LogP contribution in [0.15, 0.2) is 0 Å². The van der Waals surface area contributed by atoms with Crippen molar-refractivity contribution in [2.45, 2.75) is 162 Å². The van der Waals surface area contributed by atoms with Crippen molar-refractivity contribution in [3.8, 4) is 0 Å². The van der Waals surface area contributed by atoms with Crippen LogP contribution in [-0.4, -0.2) is 6.61 Å². The van der Waals surface area contributed by atoms with Gasteiger partial charge in [0, 0.05) is 6.61 Å². The fourth-order valence-electron chi connectivity index (χ4n) is 3.89. The van der Waals surface area contributed by atoms with E-state index in [1.807, 2.05) is 6.61 Å². The number of ether oxygens (including phenoxy) is 1. The maximum Gasteiger partial charge on any atom is 0.0836 e. The molecule has 0 bridgehead atoms. The molecule has 28 heavy (non-hydrogen) atoms. The molecule has 1 heteroatoms. The van der Waals surface area contributed by atoms with Gasteiger partial charge < -0.3 is 4.74 Å². The minimum absolute atomic E-state index is 0.933. The van der Waals surface area contributed by atoms with E-state index in [1.165, 1.54) is 141 Å². The molecule has 1 radical (unpaired) electrons. The van der Waals surface area contributed by atoms with Crippen LogP contribution >= 0.6 is 0 Å². The van der Waals surface area contributed by atoms with E-state index in [9.17, 15) is 0 Å². The molecule has 0 amide bonds. The van der Waals surface area contributed by atoms with Gasteiger partial charge in [0.05, 0.1) is 6.61 Å². The zero-order chi connectivity index (χ0) is 20.4. The van der Waals surface area contributed by atoms with Crippen LogP contribution in [-0.2, 0) is 4.74 Å². The second kappa shape index (κ2) is 27.0. The highest BCUT2D eigenvalue weighted by atomic mass is 16.5. The Morgan fingerprint density at radius 3 is 1.07 bits per heavy atom. The lowest BCUT2D eigenvalue weighted by molar-refractivity contribution is 0.184. The number of hydrogen-bond donors (Lipinski definition) is 0. The van der Waals surface area contributed by atoms with E-state index in [0.717, 1.165) is 13.0 Å². The van der Waals surface area contributed by atoms with Crippen molar-refractivity contribution in [1.29, 1.82) is 0 Å². The highest BCUT2D eigenvalue weighted by Gasteiger charge is 1.96. The van der Waals surface area contributed by atoms with Gasteiger partial charge >= 0.3 is 0 Å². The van der Waals surface area contributed by atoms with Crippen molar-refractivity contribution >= 4 is 0 Å². The average Bonchev–Trinajstić information content (AvgIpc) is 2.71. The van der Waals surface area contributed by atoms with E-state index in [2.05, 4.69) is 13.8 Å². The van der Waals surface area contributed by atoms with E-state index in [0.29, 0.717) is 0 Å². The third-order valence-corrected chi connectivity index (χ3v) is 5.91. The zero-order valence-corrected chi connectivity index (χ0v) is 20.0. The molecule has 0 atom stereocenters. The lowest BCUT2D eigenvalue weighted by Gasteiger charge is -2.04. The van der Waals surface area contributed by atoms with E-state index < -0.39 is 0 Å². The molecule has 0 aromatic heterocycles. The predicted octanol–water partition coefficient (Wildman–Crippen LogP) is 10.2. The summed E-state index contributed by atoms with van der Waals surface area (Å²) in [6.45, 7) is 7.47. The summed E-state index contributed by atoms with van der Waals surface area (Å²) < 4.78 is 5.55. The van der Waals surface area contributed by atoms with Gasteiger partial charge in [-0.2, -0.15) is 0 Å². The second-order valence-corrected chi connectivity index (χ2v) is 8.90. The summed E-state index contributed by atoms with van der Waals surface area (Å²) in [6, 6.07) is 0. The van der Waals surface area contributed by atoms with Crippen LogP contribution in [0.25, 0.3) is 0 Å². The van der Waals surface area contributed by atoms with E-state index >= 15 is 0 Å². The minimum atomic E-state index is 0.933. The molecule has 0 aliphatic heterocycles. The molecule has 169 valence electrons. The Morgan fingerprint density at radius 1 is 0.393 bits per heavy atom. The van der Waals surface area contributed by atoms with Crippen molar-refractivity contribution in [2.24, 2.45) is 0 Å². The highest BCUT2D eigenvalue weighted by molar-refractivity contribution is 4.52. The summed E-state index contributed by atoms with van der Waals surface area (Å²) in [4.78, 5) is 0. The largest absolute Gasteiger partial charge is 0.376 e. The Balaban J connectivity index is 2.96. The first-order valence-electron chi connectivity index (χ1n) is 13.3. The lowest BCUT2D eigenvalue weighted by atomic mass is 10.0. The Kier molecular flexibility index (Phi) is 26.9. The van der Waals surface area contributed by atoms with Gasteiger partial charge in [0.25, 0.3) is 0 Å². The quantitative estimate of drug-likeness (QED) is 0.140. The zero-order valence-electron chi connectivity index (χ0n) is 20.0. The van der Waals surface area contributed by atoms with E-state index in [1.54, 1.807) is 0 Å². The third kappa shape index (κ3) is 26.0. The summed E-state index contributed by atoms with van der Waals surface area (Å²) >= 11 is 0. The van der Waals surface area contributed by atoms with Crippen LogP contribution in [0.5, 0.6) is 0 Å². The molecular weight excluding hydrogens is 340 g/mol. The summed E-state index contributed by atoms with van der Waals surface area (Å²) in [6.07, 6.45) is 32.5. The predicted molar refractivity (Wildman–Crippen MR) is 128 cm³/mol. The molecule has 0 rings (SSSR count). The minimum Gasteiger partial charge on any atom is -0.376 e. The van der Waals surface area contributed by atoms with E-state index in [-0.39, 0.29) is 0 Å². The van der Waals surface area contributed by atoms with Crippen LogP contribution < -0.4 is 0 Å². The van der Waals surface area contributed by atoms with Gasteiger partial charge in [-0.15, -0.1) is 0 Å². The van der Waals surface area contributed by atoms with Gasteiger partial charge in [-0.05, 0) is 12.8 Å². The first-order chi connectivity index (χ1) is 13.9. The normalized spacial score (nSPS) is 11.4. The first kappa shape index (κ1) is 28.0. The summed E-state index contributed by atoms with van der Waals surface area (Å²) in [7, 11) is 0. The van der Waals surface area contributed by atoms with Crippen molar-refractivity contribution < 1.29 is 4.74 Å². The lowest BCUT2D eigenvalue weighted by Crippen LogP contribution is -1.92. The Bertz CT molecular complexity index is 225. The molecule has 0 aliphatic rings. The smallest absolute Gasteiger partial charge is 0.0836 e. The van der Waals surface area contributed by atoms with Gasteiger partial charge in [-0.3, -0.25) is 0 Å². The summed E-state index contributed by atoms with van der Waals surface area (Å²) in [5, 5.41) is 0. The van der Waals surface area contributed by atoms with Gasteiger partial charge in [-0.1, -0.05) is 149 Å². The molecule has 1 nitrogen and oxygen atoms in total. The van der Waals surface area contributed by atoms with Crippen molar-refractivity contribution in [2.75, 3.05) is 6.61 Å². The van der Waals surface area contributed by atoms with Crippen molar-refractivity contribution in [3.63, 3.8) is 0 Å². The summed E-state index contributed by atoms with van der Waals surface area (Å²) in [5.74, 6) is 0. The molecule has 0 aromatic carbocycles. The van der Waals surface area contributed by atoms with Crippen LogP contribution in [0.4, 0.5) is 0 Å². The van der Waals surface area contributed by atoms with Gasteiger partial charge in [0.2, 0.25) is 0 Å². The van der Waals surface area contributed by atoms with Gasteiger partial charge in [0.15, 0.2) is 0 Å². The highest BCUT2D eigenvalue weighted by Crippen LogP contribution is 2.14. The SMILES string of the molecule is CCCC[CH]OCCCCCCCCCCCCCCCCCCCCCC. The number of unbranched alkanes of at least 4 members (excludes halogenated alkanes) is 21. The maximum atomic E-state index is 5.55. The van der Waals surface area contributed by atoms with E-state index in [4.69, 9.17) is 4.74 Å². The average molecular weight is 396 g/mol. The number of hydrogen-bond acceptors (Lipinski definition) is 1. The van der Waals surface area contributed by atoms with Crippen LogP contribution in [0.1, 0.15) is 162 Å².